The topological polar surface area (TPSA) is 92.1 Å². The van der Waals surface area contributed by atoms with Crippen LogP contribution in [0.25, 0.3) is 0 Å². The van der Waals surface area contributed by atoms with E-state index in [-0.39, 0.29) is 23.6 Å². The number of nitrogens with zero attached hydrogens (tertiary/aromatic N) is 2. The molecular formula is C22H23N3O3S. The van der Waals surface area contributed by atoms with Gasteiger partial charge in [0.2, 0.25) is 0 Å². The standard InChI is InChI=1S/C22H23N3O3S/c1-14-5-3-4-6-15(14)9-10-24-20(26)13-28-22(27)17-11-19(16-7-8-16)25-21(29-2)18(17)12-23/h3-6,11,16H,7-10,13H2,1-2H3,(H,24,26). The van der Waals surface area contributed by atoms with E-state index in [0.29, 0.717) is 23.9 Å². The zero-order valence-corrected chi connectivity index (χ0v) is 17.3. The van der Waals surface area contributed by atoms with Crippen molar-refractivity contribution in [3.05, 3.63) is 58.3 Å². The van der Waals surface area contributed by atoms with Gasteiger partial charge in [-0.15, -0.1) is 11.8 Å². The number of carbonyl (C=O) groups excluding carboxylic acids is 2. The molecule has 3 rings (SSSR count). The van der Waals surface area contributed by atoms with Crippen LogP contribution in [0.5, 0.6) is 0 Å². The zero-order chi connectivity index (χ0) is 20.8. The summed E-state index contributed by atoms with van der Waals surface area (Å²) in [5, 5.41) is 12.7. The molecule has 2 aromatic rings. The largest absolute Gasteiger partial charge is 0.452 e. The summed E-state index contributed by atoms with van der Waals surface area (Å²) >= 11 is 1.32. The van der Waals surface area contributed by atoms with Gasteiger partial charge in [-0.25, -0.2) is 9.78 Å². The second kappa shape index (κ2) is 9.57. The fraction of sp³-hybridized carbons (Fsp3) is 0.364. The monoisotopic (exact) mass is 409 g/mol. The van der Waals surface area contributed by atoms with Gasteiger partial charge in [0.15, 0.2) is 6.61 Å². The second-order valence-electron chi connectivity index (χ2n) is 6.97. The second-order valence-corrected chi connectivity index (χ2v) is 7.76. The van der Waals surface area contributed by atoms with Crippen molar-refractivity contribution >= 4 is 23.6 Å². The molecule has 1 saturated carbocycles. The van der Waals surface area contributed by atoms with Gasteiger partial charge in [0, 0.05) is 18.2 Å². The average Bonchev–Trinajstić information content (AvgIpc) is 3.57. The predicted octanol–water partition coefficient (Wildman–Crippen LogP) is 3.38. The Kier molecular flexibility index (Phi) is 6.89. The maximum absolute atomic E-state index is 12.5. The summed E-state index contributed by atoms with van der Waals surface area (Å²) in [6.45, 7) is 2.11. The van der Waals surface area contributed by atoms with Crippen LogP contribution in [0.1, 0.15) is 51.5 Å². The quantitative estimate of drug-likeness (QED) is 0.531. The Morgan fingerprint density at radius 2 is 2.10 bits per heavy atom. The number of benzene rings is 1. The summed E-state index contributed by atoms with van der Waals surface area (Å²) in [5.74, 6) is -0.702. The number of thioether (sulfide) groups is 1. The number of carbonyl (C=O) groups is 2. The Bertz CT molecular complexity index is 964. The molecule has 29 heavy (non-hydrogen) atoms. The van der Waals surface area contributed by atoms with Crippen LogP contribution in [0.2, 0.25) is 0 Å². The molecule has 1 aliphatic rings. The van der Waals surface area contributed by atoms with E-state index in [1.54, 1.807) is 6.07 Å². The van der Waals surface area contributed by atoms with Crippen molar-refractivity contribution in [2.75, 3.05) is 19.4 Å². The summed E-state index contributed by atoms with van der Waals surface area (Å²) in [6.07, 6.45) is 4.59. The number of aromatic nitrogens is 1. The van der Waals surface area contributed by atoms with Crippen LogP contribution >= 0.6 is 11.8 Å². The molecule has 1 aromatic carbocycles. The molecule has 1 aromatic heterocycles. The number of nitrogens with one attached hydrogen (secondary N) is 1. The first-order valence-electron chi connectivity index (χ1n) is 9.50. The normalized spacial score (nSPS) is 12.9. The number of ether oxygens (including phenoxy) is 1. The Morgan fingerprint density at radius 1 is 1.34 bits per heavy atom. The van der Waals surface area contributed by atoms with Crippen LogP contribution < -0.4 is 5.32 Å². The molecule has 1 fully saturated rings. The van der Waals surface area contributed by atoms with Gasteiger partial charge >= 0.3 is 5.97 Å². The van der Waals surface area contributed by atoms with Gasteiger partial charge in [-0.05, 0) is 49.6 Å². The summed E-state index contributed by atoms with van der Waals surface area (Å²) in [7, 11) is 0. The van der Waals surface area contributed by atoms with E-state index in [2.05, 4.69) is 10.3 Å². The van der Waals surface area contributed by atoms with Crippen molar-refractivity contribution in [2.24, 2.45) is 0 Å². The maximum atomic E-state index is 12.5. The maximum Gasteiger partial charge on any atom is 0.340 e. The third-order valence-electron chi connectivity index (χ3n) is 4.84. The van der Waals surface area contributed by atoms with E-state index < -0.39 is 5.97 Å². The first kappa shape index (κ1) is 20.9. The van der Waals surface area contributed by atoms with Crippen LogP contribution in [0.3, 0.4) is 0 Å². The van der Waals surface area contributed by atoms with Crippen molar-refractivity contribution in [2.45, 2.75) is 37.1 Å². The number of nitriles is 1. The summed E-state index contributed by atoms with van der Waals surface area (Å²) in [6, 6.07) is 11.7. The SMILES string of the molecule is CSc1nc(C2CC2)cc(C(=O)OCC(=O)NCCc2ccccc2C)c1C#N. The number of hydrogen-bond acceptors (Lipinski definition) is 6. The lowest BCUT2D eigenvalue weighted by Gasteiger charge is -2.11. The minimum Gasteiger partial charge on any atom is -0.452 e. The van der Waals surface area contributed by atoms with E-state index in [4.69, 9.17) is 4.74 Å². The number of amides is 1. The fourth-order valence-electron chi connectivity index (χ4n) is 3.03. The molecule has 1 N–H and O–H groups in total. The van der Waals surface area contributed by atoms with Gasteiger partial charge in [-0.3, -0.25) is 4.79 Å². The molecule has 0 aliphatic heterocycles. The molecule has 150 valence electrons. The lowest BCUT2D eigenvalue weighted by molar-refractivity contribution is -0.124. The highest BCUT2D eigenvalue weighted by molar-refractivity contribution is 7.98. The molecule has 6 nitrogen and oxygen atoms in total. The number of esters is 1. The van der Waals surface area contributed by atoms with Crippen LogP contribution in [0, 0.1) is 18.3 Å². The molecule has 1 heterocycles. The third-order valence-corrected chi connectivity index (χ3v) is 5.52. The van der Waals surface area contributed by atoms with Crippen LogP contribution in [0.4, 0.5) is 0 Å². The van der Waals surface area contributed by atoms with Gasteiger partial charge in [0.1, 0.15) is 11.1 Å². The molecule has 0 spiro atoms. The van der Waals surface area contributed by atoms with Crippen LogP contribution in [-0.4, -0.2) is 36.3 Å². The minimum absolute atomic E-state index is 0.182. The van der Waals surface area contributed by atoms with Gasteiger partial charge in [0.25, 0.3) is 5.91 Å². The van der Waals surface area contributed by atoms with E-state index in [1.807, 2.05) is 43.5 Å². The van der Waals surface area contributed by atoms with Crippen LogP contribution in [0.15, 0.2) is 35.4 Å². The first-order chi connectivity index (χ1) is 14.0. The fourth-order valence-corrected chi connectivity index (χ4v) is 3.59. The van der Waals surface area contributed by atoms with Gasteiger partial charge in [-0.1, -0.05) is 24.3 Å². The lowest BCUT2D eigenvalue weighted by Crippen LogP contribution is -2.30. The average molecular weight is 410 g/mol. The smallest absolute Gasteiger partial charge is 0.340 e. The van der Waals surface area contributed by atoms with Crippen molar-refractivity contribution in [3.63, 3.8) is 0 Å². The molecule has 0 unspecified atom stereocenters. The van der Waals surface area contributed by atoms with E-state index >= 15 is 0 Å². The Labute approximate surface area is 174 Å². The minimum atomic E-state index is -0.671. The molecule has 0 bridgehead atoms. The Balaban J connectivity index is 1.57. The number of aryl methyl sites for hydroxylation is 1. The van der Waals surface area contributed by atoms with Gasteiger partial charge in [-0.2, -0.15) is 5.26 Å². The van der Waals surface area contributed by atoms with Crippen molar-refractivity contribution in [1.29, 1.82) is 5.26 Å². The summed E-state index contributed by atoms with van der Waals surface area (Å²) in [4.78, 5) is 29.1. The molecule has 0 radical (unpaired) electrons. The van der Waals surface area contributed by atoms with Crippen molar-refractivity contribution < 1.29 is 14.3 Å². The van der Waals surface area contributed by atoms with Crippen LogP contribution in [-0.2, 0) is 16.0 Å². The van der Waals surface area contributed by atoms with Crippen molar-refractivity contribution in [3.8, 4) is 6.07 Å². The lowest BCUT2D eigenvalue weighted by atomic mass is 10.1. The Hall–Kier alpha value is -2.85. The molecular weight excluding hydrogens is 386 g/mol. The summed E-state index contributed by atoms with van der Waals surface area (Å²) in [5.41, 5.74) is 3.53. The van der Waals surface area contributed by atoms with Gasteiger partial charge < -0.3 is 10.1 Å². The predicted molar refractivity (Wildman–Crippen MR) is 111 cm³/mol. The first-order valence-corrected chi connectivity index (χ1v) is 10.7. The molecule has 1 amide bonds. The Morgan fingerprint density at radius 3 is 2.76 bits per heavy atom. The molecule has 1 aliphatic carbocycles. The highest BCUT2D eigenvalue weighted by Crippen LogP contribution is 2.40. The van der Waals surface area contributed by atoms with Crippen molar-refractivity contribution in [1.82, 2.24) is 10.3 Å². The number of hydrogen-bond donors (Lipinski definition) is 1. The number of rotatable bonds is 8. The van der Waals surface area contributed by atoms with E-state index in [0.717, 1.165) is 24.1 Å². The van der Waals surface area contributed by atoms with E-state index in [9.17, 15) is 14.9 Å². The number of pyridine rings is 1. The molecule has 0 atom stereocenters. The highest BCUT2D eigenvalue weighted by Gasteiger charge is 2.29. The highest BCUT2D eigenvalue weighted by atomic mass is 32.2. The summed E-state index contributed by atoms with van der Waals surface area (Å²) < 4.78 is 5.17. The zero-order valence-electron chi connectivity index (χ0n) is 16.5. The molecule has 0 saturated heterocycles. The van der Waals surface area contributed by atoms with E-state index in [1.165, 1.54) is 17.3 Å². The third kappa shape index (κ3) is 5.36. The van der Waals surface area contributed by atoms with Gasteiger partial charge in [0.05, 0.1) is 11.1 Å². The molecule has 7 heteroatoms.